The zero-order chi connectivity index (χ0) is 9.84. The number of anilines is 1. The quantitative estimate of drug-likeness (QED) is 0.688. The zero-order valence-electron chi connectivity index (χ0n) is 7.83. The number of nitrogens with zero attached hydrogens (tertiary/aromatic N) is 1. The smallest absolute Gasteiger partial charge is 0.123 e. The van der Waals surface area contributed by atoms with Crippen molar-refractivity contribution in [3.05, 3.63) is 36.0 Å². The molecule has 70 valence electrons. The number of hydrogen-bond donors (Lipinski definition) is 2. The number of nitrogen functional groups attached to an aromatic ring is 1. The molecule has 1 aromatic heterocycles. The van der Waals surface area contributed by atoms with Gasteiger partial charge in [-0.1, -0.05) is 12.1 Å². The standard InChI is InChI=1S/C10H15N3/c1-3-4-9(11)8-5-6-10(12)13-7(8)2/h3,5-6,9H,1,4,11H2,2H3,(H2,12,13)/t9-/m0/s1. The third-order valence-corrected chi connectivity index (χ3v) is 1.97. The maximum Gasteiger partial charge on any atom is 0.123 e. The molecule has 0 bridgehead atoms. The third kappa shape index (κ3) is 2.29. The molecule has 3 heteroatoms. The van der Waals surface area contributed by atoms with Gasteiger partial charge in [0.15, 0.2) is 0 Å². The van der Waals surface area contributed by atoms with Crippen molar-refractivity contribution in [3.8, 4) is 0 Å². The molecular formula is C10H15N3. The summed E-state index contributed by atoms with van der Waals surface area (Å²) < 4.78 is 0. The highest BCUT2D eigenvalue weighted by Gasteiger charge is 2.07. The largest absolute Gasteiger partial charge is 0.384 e. The molecule has 1 heterocycles. The van der Waals surface area contributed by atoms with Crippen molar-refractivity contribution in [2.45, 2.75) is 19.4 Å². The van der Waals surface area contributed by atoms with E-state index in [9.17, 15) is 0 Å². The van der Waals surface area contributed by atoms with Crippen LogP contribution in [0.1, 0.15) is 23.7 Å². The second kappa shape index (κ2) is 4.05. The highest BCUT2D eigenvalue weighted by molar-refractivity contribution is 5.35. The molecule has 0 aromatic carbocycles. The lowest BCUT2D eigenvalue weighted by Crippen LogP contribution is -2.11. The fraction of sp³-hybridized carbons (Fsp3) is 0.300. The molecule has 1 rings (SSSR count). The van der Waals surface area contributed by atoms with Gasteiger partial charge >= 0.3 is 0 Å². The Bertz CT molecular complexity index is 307. The molecule has 3 nitrogen and oxygen atoms in total. The van der Waals surface area contributed by atoms with Crippen LogP contribution in [-0.2, 0) is 0 Å². The van der Waals surface area contributed by atoms with Crippen LogP contribution in [0.4, 0.5) is 5.82 Å². The van der Waals surface area contributed by atoms with E-state index in [1.54, 1.807) is 12.1 Å². The number of rotatable bonds is 3. The summed E-state index contributed by atoms with van der Waals surface area (Å²) in [6.07, 6.45) is 2.56. The van der Waals surface area contributed by atoms with Gasteiger partial charge in [0.25, 0.3) is 0 Å². The van der Waals surface area contributed by atoms with E-state index in [0.29, 0.717) is 5.82 Å². The maximum atomic E-state index is 5.90. The average Bonchev–Trinajstić information content (AvgIpc) is 2.04. The van der Waals surface area contributed by atoms with Crippen molar-refractivity contribution in [1.29, 1.82) is 0 Å². The molecule has 1 atom stereocenters. The number of hydrogen-bond acceptors (Lipinski definition) is 3. The van der Waals surface area contributed by atoms with Crippen LogP contribution in [0.3, 0.4) is 0 Å². The van der Waals surface area contributed by atoms with E-state index in [4.69, 9.17) is 11.5 Å². The van der Waals surface area contributed by atoms with Gasteiger partial charge in [0.05, 0.1) is 0 Å². The first-order valence-electron chi connectivity index (χ1n) is 4.24. The van der Waals surface area contributed by atoms with Crippen molar-refractivity contribution in [1.82, 2.24) is 4.98 Å². The first-order valence-corrected chi connectivity index (χ1v) is 4.24. The van der Waals surface area contributed by atoms with E-state index in [0.717, 1.165) is 17.7 Å². The Balaban J connectivity index is 2.94. The van der Waals surface area contributed by atoms with Gasteiger partial charge in [0.2, 0.25) is 0 Å². The van der Waals surface area contributed by atoms with Gasteiger partial charge in [0.1, 0.15) is 5.82 Å². The lowest BCUT2D eigenvalue weighted by Gasteiger charge is -2.11. The van der Waals surface area contributed by atoms with Crippen LogP contribution in [0.15, 0.2) is 24.8 Å². The van der Waals surface area contributed by atoms with E-state index in [1.807, 2.05) is 13.0 Å². The molecular weight excluding hydrogens is 162 g/mol. The number of nitrogens with two attached hydrogens (primary N) is 2. The Morgan fingerprint density at radius 2 is 2.31 bits per heavy atom. The molecule has 0 fully saturated rings. The Kier molecular flexibility index (Phi) is 3.03. The summed E-state index contributed by atoms with van der Waals surface area (Å²) in [5.74, 6) is 0.534. The third-order valence-electron chi connectivity index (χ3n) is 1.97. The summed E-state index contributed by atoms with van der Waals surface area (Å²) in [6.45, 7) is 5.56. The highest BCUT2D eigenvalue weighted by atomic mass is 14.8. The predicted molar refractivity (Wildman–Crippen MR) is 55.1 cm³/mol. The molecule has 0 aliphatic heterocycles. The first-order chi connectivity index (χ1) is 6.15. The number of pyridine rings is 1. The molecule has 4 N–H and O–H groups in total. The Morgan fingerprint density at radius 1 is 1.62 bits per heavy atom. The van der Waals surface area contributed by atoms with E-state index < -0.39 is 0 Å². The van der Waals surface area contributed by atoms with Crippen molar-refractivity contribution in [3.63, 3.8) is 0 Å². The van der Waals surface area contributed by atoms with Crippen LogP contribution in [0.2, 0.25) is 0 Å². The van der Waals surface area contributed by atoms with Crippen LogP contribution in [-0.4, -0.2) is 4.98 Å². The summed E-state index contributed by atoms with van der Waals surface area (Å²) in [4.78, 5) is 4.14. The molecule has 0 unspecified atom stereocenters. The summed E-state index contributed by atoms with van der Waals surface area (Å²) in [5, 5.41) is 0. The van der Waals surface area contributed by atoms with Crippen LogP contribution in [0, 0.1) is 6.92 Å². The molecule has 0 aliphatic rings. The minimum atomic E-state index is -0.0226. The van der Waals surface area contributed by atoms with Crippen LogP contribution < -0.4 is 11.5 Å². The zero-order valence-corrected chi connectivity index (χ0v) is 7.83. The molecule has 0 aliphatic carbocycles. The summed E-state index contributed by atoms with van der Waals surface area (Å²) in [6, 6.07) is 3.67. The average molecular weight is 177 g/mol. The molecule has 1 aromatic rings. The second-order valence-electron chi connectivity index (χ2n) is 3.04. The van der Waals surface area contributed by atoms with E-state index >= 15 is 0 Å². The molecule has 13 heavy (non-hydrogen) atoms. The van der Waals surface area contributed by atoms with E-state index in [1.165, 1.54) is 0 Å². The van der Waals surface area contributed by atoms with Crippen molar-refractivity contribution < 1.29 is 0 Å². The minimum absolute atomic E-state index is 0.0226. The van der Waals surface area contributed by atoms with Gasteiger partial charge < -0.3 is 11.5 Å². The molecule has 0 saturated heterocycles. The lowest BCUT2D eigenvalue weighted by molar-refractivity contribution is 0.730. The monoisotopic (exact) mass is 177 g/mol. The van der Waals surface area contributed by atoms with Gasteiger partial charge in [-0.25, -0.2) is 4.98 Å². The lowest BCUT2D eigenvalue weighted by atomic mass is 10.0. The summed E-state index contributed by atoms with van der Waals surface area (Å²) in [5.41, 5.74) is 13.4. The molecule has 0 saturated carbocycles. The summed E-state index contributed by atoms with van der Waals surface area (Å²) in [7, 11) is 0. The van der Waals surface area contributed by atoms with Crippen molar-refractivity contribution in [2.24, 2.45) is 5.73 Å². The van der Waals surface area contributed by atoms with Crippen molar-refractivity contribution >= 4 is 5.82 Å². The normalized spacial score (nSPS) is 12.5. The van der Waals surface area contributed by atoms with E-state index in [-0.39, 0.29) is 6.04 Å². The molecule has 0 spiro atoms. The Hall–Kier alpha value is -1.35. The maximum absolute atomic E-state index is 5.90. The van der Waals surface area contributed by atoms with Crippen LogP contribution >= 0.6 is 0 Å². The fourth-order valence-electron chi connectivity index (χ4n) is 1.29. The predicted octanol–water partition coefficient (Wildman–Crippen LogP) is 1.55. The number of aryl methyl sites for hydroxylation is 1. The van der Waals surface area contributed by atoms with Gasteiger partial charge in [-0.3, -0.25) is 0 Å². The van der Waals surface area contributed by atoms with Gasteiger partial charge in [-0.2, -0.15) is 0 Å². The fourth-order valence-corrected chi connectivity index (χ4v) is 1.29. The number of aromatic nitrogens is 1. The van der Waals surface area contributed by atoms with Gasteiger partial charge in [-0.15, -0.1) is 6.58 Å². The van der Waals surface area contributed by atoms with Gasteiger partial charge in [0, 0.05) is 11.7 Å². The van der Waals surface area contributed by atoms with Crippen molar-refractivity contribution in [2.75, 3.05) is 5.73 Å². The highest BCUT2D eigenvalue weighted by Crippen LogP contribution is 2.18. The Labute approximate surface area is 78.5 Å². The van der Waals surface area contributed by atoms with Gasteiger partial charge in [-0.05, 0) is 25.0 Å². The SMILES string of the molecule is C=CC[C@H](N)c1ccc(N)nc1C. The van der Waals surface area contributed by atoms with Crippen LogP contribution in [0.25, 0.3) is 0 Å². The topological polar surface area (TPSA) is 64.9 Å². The Morgan fingerprint density at radius 3 is 2.85 bits per heavy atom. The summed E-state index contributed by atoms with van der Waals surface area (Å²) >= 11 is 0. The van der Waals surface area contributed by atoms with E-state index in [2.05, 4.69) is 11.6 Å². The van der Waals surface area contributed by atoms with Crippen LogP contribution in [0.5, 0.6) is 0 Å². The molecule has 0 amide bonds. The minimum Gasteiger partial charge on any atom is -0.384 e. The first kappa shape index (κ1) is 9.74. The second-order valence-corrected chi connectivity index (χ2v) is 3.04. The molecule has 0 radical (unpaired) electrons.